The second-order valence-corrected chi connectivity index (χ2v) is 6.23. The number of carbonyl (C=O) groups excluding carboxylic acids is 1. The van der Waals surface area contributed by atoms with E-state index in [9.17, 15) is 19.1 Å². The number of aliphatic carboxylic acids is 1. The van der Waals surface area contributed by atoms with Crippen LogP contribution in [0.25, 0.3) is 0 Å². The average molecular weight is 345 g/mol. The van der Waals surface area contributed by atoms with E-state index in [1.165, 1.54) is 12.1 Å². The molecule has 0 spiro atoms. The Kier molecular flexibility index (Phi) is 5.14. The van der Waals surface area contributed by atoms with Crippen LogP contribution >= 0.6 is 0 Å². The molecule has 1 aliphatic heterocycles. The van der Waals surface area contributed by atoms with Gasteiger partial charge in [0.2, 0.25) is 0 Å². The molecule has 132 valence electrons. The van der Waals surface area contributed by atoms with Gasteiger partial charge in [0, 0.05) is 38.9 Å². The predicted octanol–water partition coefficient (Wildman–Crippen LogP) is 1.81. The minimum atomic E-state index is -0.921. The number of hydrogen-bond acceptors (Lipinski definition) is 3. The van der Waals surface area contributed by atoms with Crippen LogP contribution in [0.5, 0.6) is 0 Å². The molecule has 0 bridgehead atoms. The van der Waals surface area contributed by atoms with E-state index in [0.717, 1.165) is 5.56 Å². The Balaban J connectivity index is 1.72. The first-order chi connectivity index (χ1) is 12.0. The van der Waals surface area contributed by atoms with Gasteiger partial charge in [0.25, 0.3) is 5.91 Å². The van der Waals surface area contributed by atoms with Crippen LogP contribution in [0.2, 0.25) is 0 Å². The standard InChI is InChI=1S/C18H20FN3O3/c19-15-5-3-13(4-6-15)10-21-8-9-22(12-14(11-21)18(24)25)17(23)16-2-1-7-20-16/h1-7,14,20H,8-12H2,(H,24,25)/t14-/m1/s1. The largest absolute Gasteiger partial charge is 0.481 e. The minimum absolute atomic E-state index is 0.174. The summed E-state index contributed by atoms with van der Waals surface area (Å²) in [6, 6.07) is 9.58. The lowest BCUT2D eigenvalue weighted by molar-refractivity contribution is -0.142. The van der Waals surface area contributed by atoms with Crippen molar-refractivity contribution in [1.29, 1.82) is 0 Å². The minimum Gasteiger partial charge on any atom is -0.481 e. The Morgan fingerprint density at radius 3 is 2.56 bits per heavy atom. The van der Waals surface area contributed by atoms with E-state index in [0.29, 0.717) is 31.9 Å². The summed E-state index contributed by atoms with van der Waals surface area (Å²) in [5, 5.41) is 9.49. The smallest absolute Gasteiger partial charge is 0.309 e. The van der Waals surface area contributed by atoms with E-state index in [-0.39, 0.29) is 18.3 Å². The quantitative estimate of drug-likeness (QED) is 0.886. The summed E-state index contributed by atoms with van der Waals surface area (Å²) in [7, 11) is 0. The Labute approximate surface area is 144 Å². The first-order valence-electron chi connectivity index (χ1n) is 8.15. The molecule has 0 unspecified atom stereocenters. The molecule has 7 heteroatoms. The lowest BCUT2D eigenvalue weighted by Gasteiger charge is -2.21. The zero-order valence-corrected chi connectivity index (χ0v) is 13.7. The van der Waals surface area contributed by atoms with Gasteiger partial charge < -0.3 is 15.0 Å². The summed E-state index contributed by atoms with van der Waals surface area (Å²) in [4.78, 5) is 30.5. The van der Waals surface area contributed by atoms with Crippen molar-refractivity contribution in [3.63, 3.8) is 0 Å². The van der Waals surface area contributed by atoms with E-state index in [4.69, 9.17) is 0 Å². The van der Waals surface area contributed by atoms with Crippen molar-refractivity contribution in [2.75, 3.05) is 26.2 Å². The highest BCUT2D eigenvalue weighted by atomic mass is 19.1. The fourth-order valence-corrected chi connectivity index (χ4v) is 3.05. The summed E-state index contributed by atoms with van der Waals surface area (Å²) in [5.41, 5.74) is 1.37. The highest BCUT2D eigenvalue weighted by Gasteiger charge is 2.30. The number of carboxylic acids is 1. The predicted molar refractivity (Wildman–Crippen MR) is 89.5 cm³/mol. The maximum absolute atomic E-state index is 13.0. The monoisotopic (exact) mass is 345 g/mol. The van der Waals surface area contributed by atoms with Gasteiger partial charge in [0.1, 0.15) is 11.5 Å². The van der Waals surface area contributed by atoms with E-state index >= 15 is 0 Å². The van der Waals surface area contributed by atoms with E-state index in [2.05, 4.69) is 4.98 Å². The molecule has 2 heterocycles. The third-order valence-electron chi connectivity index (χ3n) is 4.39. The third-order valence-corrected chi connectivity index (χ3v) is 4.39. The van der Waals surface area contributed by atoms with Crippen LogP contribution in [-0.4, -0.2) is 57.9 Å². The number of nitrogens with zero attached hydrogens (tertiary/aromatic N) is 2. The van der Waals surface area contributed by atoms with Crippen molar-refractivity contribution in [2.45, 2.75) is 6.54 Å². The molecule has 3 rings (SSSR count). The van der Waals surface area contributed by atoms with E-state index in [1.807, 2.05) is 4.90 Å². The molecule has 1 aromatic heterocycles. The van der Waals surface area contributed by atoms with Gasteiger partial charge in [-0.25, -0.2) is 4.39 Å². The van der Waals surface area contributed by atoms with Gasteiger partial charge in [0.05, 0.1) is 5.92 Å². The van der Waals surface area contributed by atoms with Gasteiger partial charge in [-0.2, -0.15) is 0 Å². The molecule has 2 aromatic rings. The van der Waals surface area contributed by atoms with Crippen LogP contribution < -0.4 is 0 Å². The van der Waals surface area contributed by atoms with Gasteiger partial charge in [-0.1, -0.05) is 12.1 Å². The van der Waals surface area contributed by atoms with Gasteiger partial charge in [-0.15, -0.1) is 0 Å². The van der Waals surface area contributed by atoms with E-state index in [1.54, 1.807) is 35.4 Å². The normalized spacial score (nSPS) is 18.8. The van der Waals surface area contributed by atoms with Crippen LogP contribution in [0.3, 0.4) is 0 Å². The maximum atomic E-state index is 13.0. The van der Waals surface area contributed by atoms with Crippen LogP contribution in [0.15, 0.2) is 42.6 Å². The fourth-order valence-electron chi connectivity index (χ4n) is 3.05. The van der Waals surface area contributed by atoms with Crippen LogP contribution in [-0.2, 0) is 11.3 Å². The first-order valence-corrected chi connectivity index (χ1v) is 8.15. The molecule has 1 aliphatic rings. The van der Waals surface area contributed by atoms with Crippen molar-refractivity contribution < 1.29 is 19.1 Å². The molecule has 1 fully saturated rings. The number of amides is 1. The Morgan fingerprint density at radius 2 is 1.92 bits per heavy atom. The number of carbonyl (C=O) groups is 2. The Hall–Kier alpha value is -2.67. The topological polar surface area (TPSA) is 76.6 Å². The summed E-state index contributed by atoms with van der Waals surface area (Å²) in [5.74, 6) is -2.08. The third kappa shape index (κ3) is 4.24. The SMILES string of the molecule is O=C(O)[C@@H]1CN(Cc2ccc(F)cc2)CCN(C(=O)c2ccc[nH]2)C1. The number of carboxylic acid groups (broad SMARTS) is 1. The van der Waals surface area contributed by atoms with Gasteiger partial charge in [0.15, 0.2) is 0 Å². The summed E-state index contributed by atoms with van der Waals surface area (Å²) in [6.45, 7) is 2.05. The molecule has 25 heavy (non-hydrogen) atoms. The molecular weight excluding hydrogens is 325 g/mol. The fraction of sp³-hybridized carbons (Fsp3) is 0.333. The van der Waals surface area contributed by atoms with Gasteiger partial charge in [-0.3, -0.25) is 14.5 Å². The number of hydrogen-bond donors (Lipinski definition) is 2. The molecule has 1 atom stereocenters. The maximum Gasteiger partial charge on any atom is 0.309 e. The number of H-pyrrole nitrogens is 1. The number of halogens is 1. The van der Waals surface area contributed by atoms with Gasteiger partial charge in [-0.05, 0) is 29.8 Å². The first kappa shape index (κ1) is 17.2. The van der Waals surface area contributed by atoms with Crippen LogP contribution in [0, 0.1) is 11.7 Å². The average Bonchev–Trinajstić information content (AvgIpc) is 3.04. The molecule has 1 amide bonds. The molecule has 2 N–H and O–H groups in total. The lowest BCUT2D eigenvalue weighted by Crippen LogP contribution is -2.38. The van der Waals surface area contributed by atoms with Crippen LogP contribution in [0.1, 0.15) is 16.1 Å². The summed E-state index contributed by atoms with van der Waals surface area (Å²) < 4.78 is 13.0. The van der Waals surface area contributed by atoms with Crippen molar-refractivity contribution in [3.8, 4) is 0 Å². The number of aromatic nitrogens is 1. The van der Waals surface area contributed by atoms with Crippen molar-refractivity contribution in [2.24, 2.45) is 5.92 Å². The van der Waals surface area contributed by atoms with Crippen LogP contribution in [0.4, 0.5) is 4.39 Å². The molecule has 0 radical (unpaired) electrons. The second-order valence-electron chi connectivity index (χ2n) is 6.23. The van der Waals surface area contributed by atoms with Crippen molar-refractivity contribution in [3.05, 3.63) is 59.7 Å². The molecule has 0 aliphatic carbocycles. The zero-order chi connectivity index (χ0) is 17.8. The molecule has 0 saturated carbocycles. The molecule has 1 aromatic carbocycles. The Morgan fingerprint density at radius 1 is 1.16 bits per heavy atom. The molecular formula is C18H20FN3O3. The number of rotatable bonds is 4. The second kappa shape index (κ2) is 7.48. The lowest BCUT2D eigenvalue weighted by atomic mass is 10.1. The molecule has 1 saturated heterocycles. The summed E-state index contributed by atoms with van der Waals surface area (Å²) >= 11 is 0. The van der Waals surface area contributed by atoms with E-state index < -0.39 is 11.9 Å². The number of benzene rings is 1. The van der Waals surface area contributed by atoms with Crippen molar-refractivity contribution >= 4 is 11.9 Å². The van der Waals surface area contributed by atoms with Crippen molar-refractivity contribution in [1.82, 2.24) is 14.8 Å². The number of nitrogens with one attached hydrogen (secondary N) is 1. The number of aromatic amines is 1. The molecule has 6 nitrogen and oxygen atoms in total. The zero-order valence-electron chi connectivity index (χ0n) is 13.7. The Bertz CT molecular complexity index is 731. The highest BCUT2D eigenvalue weighted by molar-refractivity contribution is 5.92. The van der Waals surface area contributed by atoms with Gasteiger partial charge >= 0.3 is 5.97 Å². The highest BCUT2D eigenvalue weighted by Crippen LogP contribution is 2.16. The summed E-state index contributed by atoms with van der Waals surface area (Å²) in [6.07, 6.45) is 1.67.